The maximum absolute atomic E-state index is 13.0. The summed E-state index contributed by atoms with van der Waals surface area (Å²) in [5.74, 6) is -0.314. The van der Waals surface area contributed by atoms with E-state index in [1.807, 2.05) is 0 Å². The van der Waals surface area contributed by atoms with Crippen molar-refractivity contribution in [2.24, 2.45) is 0 Å². The Balaban J connectivity index is 1.16. The van der Waals surface area contributed by atoms with Crippen LogP contribution >= 0.6 is 11.3 Å². The Bertz CT molecular complexity index is 1430. The fraction of sp³-hybridized carbons (Fsp3) is 0.320. The molecular formula is C25H23F3N4O4S2. The van der Waals surface area contributed by atoms with E-state index in [2.05, 4.69) is 9.88 Å². The molecule has 1 aromatic heterocycles. The first-order valence-electron chi connectivity index (χ1n) is 11.8. The topological polar surface area (TPSA) is 90.9 Å². The highest BCUT2D eigenvalue weighted by Crippen LogP contribution is 2.32. The third-order valence-corrected chi connectivity index (χ3v) is 9.29. The van der Waals surface area contributed by atoms with Crippen molar-refractivity contribution in [3.8, 4) is 0 Å². The third-order valence-electron chi connectivity index (χ3n) is 6.77. The zero-order chi connectivity index (χ0) is 27.1. The number of carbonyl (C=O) groups excluding carboxylic acids is 2. The number of rotatable bonds is 5. The first-order valence-corrected chi connectivity index (χ1v) is 14.1. The van der Waals surface area contributed by atoms with E-state index in [4.69, 9.17) is 0 Å². The maximum Gasteiger partial charge on any atom is 0.416 e. The van der Waals surface area contributed by atoms with Gasteiger partial charge in [-0.2, -0.15) is 13.2 Å². The van der Waals surface area contributed by atoms with Crippen LogP contribution in [0.5, 0.6) is 0 Å². The lowest BCUT2D eigenvalue weighted by atomic mass is 10.0. The second kappa shape index (κ2) is 10.1. The number of halogens is 3. The zero-order valence-electron chi connectivity index (χ0n) is 20.0. The Hall–Kier alpha value is -3.29. The van der Waals surface area contributed by atoms with Gasteiger partial charge in [-0.3, -0.25) is 14.5 Å². The molecule has 0 bridgehead atoms. The molecule has 0 atom stereocenters. The summed E-state index contributed by atoms with van der Waals surface area (Å²) in [5, 5.41) is 2.25. The van der Waals surface area contributed by atoms with Gasteiger partial charge in [0.05, 0.1) is 15.4 Å². The molecule has 2 fully saturated rings. The number of hydrogen-bond donors (Lipinski definition) is 0. The lowest BCUT2D eigenvalue weighted by Crippen LogP contribution is -2.64. The second-order valence-electron chi connectivity index (χ2n) is 9.08. The number of piperazine rings is 1. The predicted molar refractivity (Wildman–Crippen MR) is 133 cm³/mol. The summed E-state index contributed by atoms with van der Waals surface area (Å²) in [4.78, 5) is 34.5. The van der Waals surface area contributed by atoms with Gasteiger partial charge < -0.3 is 9.80 Å². The Labute approximate surface area is 221 Å². The van der Waals surface area contributed by atoms with Crippen LogP contribution in [0.25, 0.3) is 0 Å². The van der Waals surface area contributed by atoms with Gasteiger partial charge >= 0.3 is 6.18 Å². The molecule has 2 aliphatic rings. The van der Waals surface area contributed by atoms with Crippen molar-refractivity contribution >= 4 is 33.0 Å². The maximum atomic E-state index is 13.0. The number of thiazole rings is 1. The van der Waals surface area contributed by atoms with E-state index in [1.54, 1.807) is 21.4 Å². The van der Waals surface area contributed by atoms with Crippen LogP contribution in [0.15, 0.2) is 69.9 Å². The van der Waals surface area contributed by atoms with Crippen LogP contribution in [0.1, 0.15) is 25.7 Å². The highest BCUT2D eigenvalue weighted by atomic mass is 32.2. The number of amides is 2. The van der Waals surface area contributed by atoms with Crippen LogP contribution < -0.4 is 0 Å². The molecule has 2 aromatic carbocycles. The average Bonchev–Trinajstić information content (AvgIpc) is 3.42. The summed E-state index contributed by atoms with van der Waals surface area (Å²) in [6, 6.07) is 8.96. The molecule has 5 rings (SSSR count). The van der Waals surface area contributed by atoms with Gasteiger partial charge in [0.15, 0.2) is 5.01 Å². The molecule has 0 aliphatic carbocycles. The minimum Gasteiger partial charge on any atom is -0.335 e. The first kappa shape index (κ1) is 26.3. The predicted octanol–water partition coefficient (Wildman–Crippen LogP) is 3.28. The number of sulfone groups is 1. The zero-order valence-corrected chi connectivity index (χ0v) is 21.6. The fourth-order valence-electron chi connectivity index (χ4n) is 4.54. The number of carbonyl (C=O) groups is 2. The summed E-state index contributed by atoms with van der Waals surface area (Å²) < 4.78 is 64.7. The van der Waals surface area contributed by atoms with Gasteiger partial charge in [0.25, 0.3) is 11.8 Å². The third kappa shape index (κ3) is 5.18. The molecule has 3 heterocycles. The molecule has 13 heteroatoms. The van der Waals surface area contributed by atoms with Crippen molar-refractivity contribution in [1.82, 2.24) is 19.7 Å². The molecule has 0 spiro atoms. The monoisotopic (exact) mass is 564 g/mol. The second-order valence-corrected chi connectivity index (χ2v) is 11.9. The van der Waals surface area contributed by atoms with E-state index < -0.39 is 26.5 Å². The summed E-state index contributed by atoms with van der Waals surface area (Å²) in [6.45, 7) is 3.61. The van der Waals surface area contributed by atoms with E-state index in [0.717, 1.165) is 18.2 Å². The van der Waals surface area contributed by atoms with Crippen molar-refractivity contribution in [1.29, 1.82) is 0 Å². The molecule has 2 amide bonds. The van der Waals surface area contributed by atoms with Gasteiger partial charge in [0.1, 0.15) is 0 Å². The molecule has 3 aromatic rings. The first-order chi connectivity index (χ1) is 18.0. The quantitative estimate of drug-likeness (QED) is 0.473. The molecular weight excluding hydrogens is 541 g/mol. The summed E-state index contributed by atoms with van der Waals surface area (Å²) in [7, 11) is -4.19. The number of aromatic nitrogens is 1. The lowest BCUT2D eigenvalue weighted by Gasteiger charge is -2.48. The minimum absolute atomic E-state index is 0.0661. The summed E-state index contributed by atoms with van der Waals surface area (Å²) in [5.41, 5.74) is -0.754. The van der Waals surface area contributed by atoms with Crippen molar-refractivity contribution in [3.05, 3.63) is 76.2 Å². The van der Waals surface area contributed by atoms with Crippen molar-refractivity contribution in [2.45, 2.75) is 22.0 Å². The van der Waals surface area contributed by atoms with Crippen LogP contribution in [0, 0.1) is 0 Å². The van der Waals surface area contributed by atoms with Crippen molar-refractivity contribution < 1.29 is 31.2 Å². The largest absolute Gasteiger partial charge is 0.416 e. The van der Waals surface area contributed by atoms with Crippen LogP contribution in [0.3, 0.4) is 0 Å². The number of nitrogens with zero attached hydrogens (tertiary/aromatic N) is 4. The van der Waals surface area contributed by atoms with E-state index in [9.17, 15) is 31.2 Å². The number of benzene rings is 2. The van der Waals surface area contributed by atoms with E-state index in [-0.39, 0.29) is 22.8 Å². The van der Waals surface area contributed by atoms with Crippen molar-refractivity contribution in [2.75, 3.05) is 39.3 Å². The number of likely N-dealkylation sites (tertiary alicyclic amines) is 1. The summed E-state index contributed by atoms with van der Waals surface area (Å²) in [6.07, 6.45) is -3.06. The van der Waals surface area contributed by atoms with Gasteiger partial charge in [-0.1, -0.05) is 6.07 Å². The van der Waals surface area contributed by atoms with E-state index >= 15 is 0 Å². The lowest BCUT2D eigenvalue weighted by molar-refractivity contribution is -0.137. The van der Waals surface area contributed by atoms with Crippen LogP contribution in [0.2, 0.25) is 0 Å². The molecule has 0 radical (unpaired) electrons. The molecule has 0 saturated carbocycles. The summed E-state index contributed by atoms with van der Waals surface area (Å²) >= 11 is 1.32. The van der Waals surface area contributed by atoms with Gasteiger partial charge in [0, 0.05) is 62.5 Å². The normalized spacial score (nSPS) is 17.3. The molecule has 0 unspecified atom stereocenters. The Morgan fingerprint density at radius 2 is 1.58 bits per heavy atom. The Morgan fingerprint density at radius 3 is 2.18 bits per heavy atom. The molecule has 8 nitrogen and oxygen atoms in total. The van der Waals surface area contributed by atoms with Crippen LogP contribution in [-0.4, -0.2) is 85.2 Å². The van der Waals surface area contributed by atoms with Gasteiger partial charge in [-0.25, -0.2) is 13.4 Å². The van der Waals surface area contributed by atoms with Gasteiger partial charge in [0.2, 0.25) is 9.84 Å². The highest BCUT2D eigenvalue weighted by Gasteiger charge is 2.37. The van der Waals surface area contributed by atoms with Gasteiger partial charge in [-0.15, -0.1) is 11.3 Å². The van der Waals surface area contributed by atoms with Crippen LogP contribution in [-0.2, 0) is 16.0 Å². The van der Waals surface area contributed by atoms with E-state index in [0.29, 0.717) is 55.9 Å². The van der Waals surface area contributed by atoms with Gasteiger partial charge in [-0.05, 0) is 42.5 Å². The highest BCUT2D eigenvalue weighted by molar-refractivity contribution is 7.91. The van der Waals surface area contributed by atoms with Crippen molar-refractivity contribution in [3.63, 3.8) is 0 Å². The standard InChI is InChI=1S/C25H23F3N4O4S2/c26-25(27,28)18-2-1-3-21(14-18)38(35,36)20-6-4-17(5-7-20)23(33)32-15-19(16-32)30-9-11-31(12-10-30)24(34)22-29-8-13-37-22/h1-8,13-14,19H,9-12,15-16H2. The smallest absolute Gasteiger partial charge is 0.335 e. The fourth-order valence-corrected chi connectivity index (χ4v) is 6.45. The molecule has 38 heavy (non-hydrogen) atoms. The SMILES string of the molecule is O=C(c1ccc(S(=O)(=O)c2cccc(C(F)(F)F)c2)cc1)N1CC(N2CCN(C(=O)c3nccs3)CC2)C1. The molecule has 2 saturated heterocycles. The minimum atomic E-state index is -4.66. The van der Waals surface area contributed by atoms with E-state index in [1.165, 1.54) is 35.6 Å². The Kier molecular flexibility index (Phi) is 7.01. The number of hydrogen-bond acceptors (Lipinski definition) is 7. The van der Waals surface area contributed by atoms with Crippen LogP contribution in [0.4, 0.5) is 13.2 Å². The number of alkyl halides is 3. The molecule has 2 aliphatic heterocycles. The Morgan fingerprint density at radius 1 is 0.895 bits per heavy atom. The molecule has 0 N–H and O–H groups in total. The molecule has 200 valence electrons. The average molecular weight is 565 g/mol.